The Kier molecular flexibility index (Phi) is 6.32. The molecule has 0 N–H and O–H groups in total. The van der Waals surface area contributed by atoms with Crippen LogP contribution in [0.1, 0.15) is 29.3 Å². The molecule has 0 aliphatic carbocycles. The molecule has 104 valence electrons. The number of carbonyl (C=O) groups excluding carboxylic acids is 2. The van der Waals surface area contributed by atoms with Gasteiger partial charge in [0.05, 0.1) is 0 Å². The zero-order valence-electron chi connectivity index (χ0n) is 11.5. The molecule has 0 atom stereocenters. The summed E-state index contributed by atoms with van der Waals surface area (Å²) in [6.45, 7) is 9.23. The first-order valence-corrected chi connectivity index (χ1v) is 7.11. The summed E-state index contributed by atoms with van der Waals surface area (Å²) in [7, 11) is 0. The molecule has 1 rings (SSSR count). The van der Waals surface area contributed by atoms with Crippen LogP contribution in [0.2, 0.25) is 0 Å². The molecule has 0 bridgehead atoms. The Morgan fingerprint density at radius 1 is 1.30 bits per heavy atom. The number of carbonyl (C=O) groups is 2. The maximum atomic E-state index is 12.4. The third kappa shape index (κ3) is 3.87. The molecular weight excluding hydrogens is 316 g/mol. The van der Waals surface area contributed by atoms with Gasteiger partial charge in [0.15, 0.2) is 5.78 Å². The van der Waals surface area contributed by atoms with Crippen molar-refractivity contribution in [1.29, 1.82) is 0 Å². The van der Waals surface area contributed by atoms with Crippen LogP contribution in [0.5, 0.6) is 0 Å². The number of aryl methyl sites for hydroxylation is 1. The lowest BCUT2D eigenvalue weighted by Crippen LogP contribution is -2.05. The van der Waals surface area contributed by atoms with Gasteiger partial charge in [-0.1, -0.05) is 54.2 Å². The number of allylic oxidation sites excluding steroid dienone is 4. The molecule has 2 nitrogen and oxygen atoms in total. The standard InChI is InChI=1S/C17H17BrO2/c1-4-12(14(6-3)11-19)10-17(20)16-8-7-15(18)9-13(16)5-2/h4,6-9,11H,1,3,5,10H2,2H3/b14-12-. The van der Waals surface area contributed by atoms with Crippen molar-refractivity contribution < 1.29 is 9.59 Å². The first-order valence-electron chi connectivity index (χ1n) is 6.32. The van der Waals surface area contributed by atoms with Crippen molar-refractivity contribution in [3.05, 3.63) is 70.3 Å². The van der Waals surface area contributed by atoms with Crippen LogP contribution in [-0.4, -0.2) is 12.1 Å². The summed E-state index contributed by atoms with van der Waals surface area (Å²) in [5, 5.41) is 0. The predicted octanol–water partition coefficient (Wildman–Crippen LogP) is 4.45. The molecule has 0 spiro atoms. The molecule has 0 saturated heterocycles. The minimum Gasteiger partial charge on any atom is -0.298 e. The fourth-order valence-electron chi connectivity index (χ4n) is 1.94. The fourth-order valence-corrected chi connectivity index (χ4v) is 2.35. The van der Waals surface area contributed by atoms with Crippen LogP contribution in [0.4, 0.5) is 0 Å². The van der Waals surface area contributed by atoms with Gasteiger partial charge in [-0.15, -0.1) is 0 Å². The Labute approximate surface area is 128 Å². The first kappa shape index (κ1) is 16.3. The molecule has 0 aliphatic heterocycles. The summed E-state index contributed by atoms with van der Waals surface area (Å²) in [4.78, 5) is 23.3. The van der Waals surface area contributed by atoms with Crippen molar-refractivity contribution in [2.24, 2.45) is 0 Å². The Balaban J connectivity index is 3.13. The van der Waals surface area contributed by atoms with E-state index in [0.29, 0.717) is 23.0 Å². The number of halogens is 1. The highest BCUT2D eigenvalue weighted by atomic mass is 79.9. The smallest absolute Gasteiger partial charge is 0.167 e. The van der Waals surface area contributed by atoms with Crippen LogP contribution in [-0.2, 0) is 11.2 Å². The van der Waals surface area contributed by atoms with Crippen molar-refractivity contribution in [3.63, 3.8) is 0 Å². The van der Waals surface area contributed by atoms with Crippen LogP contribution >= 0.6 is 15.9 Å². The van der Waals surface area contributed by atoms with Gasteiger partial charge >= 0.3 is 0 Å². The quantitative estimate of drug-likeness (QED) is 0.320. The van der Waals surface area contributed by atoms with Gasteiger partial charge in [0.1, 0.15) is 6.29 Å². The molecule has 1 aromatic rings. The molecule has 0 saturated carbocycles. The topological polar surface area (TPSA) is 34.1 Å². The highest BCUT2D eigenvalue weighted by Crippen LogP contribution is 2.21. The summed E-state index contributed by atoms with van der Waals surface area (Å²) in [5.74, 6) is -0.0227. The van der Waals surface area contributed by atoms with Crippen molar-refractivity contribution in [1.82, 2.24) is 0 Å². The number of ketones is 1. The molecule has 0 amide bonds. The van der Waals surface area contributed by atoms with Crippen molar-refractivity contribution in [2.75, 3.05) is 0 Å². The third-order valence-electron chi connectivity index (χ3n) is 3.06. The van der Waals surface area contributed by atoms with Gasteiger partial charge in [-0.2, -0.15) is 0 Å². The maximum absolute atomic E-state index is 12.4. The number of Topliss-reactive ketones (excluding diaryl/α,β-unsaturated/α-hetero) is 1. The van der Waals surface area contributed by atoms with E-state index in [1.165, 1.54) is 12.2 Å². The molecule has 0 fully saturated rings. The van der Waals surface area contributed by atoms with Crippen LogP contribution in [0.25, 0.3) is 0 Å². The van der Waals surface area contributed by atoms with Crippen molar-refractivity contribution in [2.45, 2.75) is 19.8 Å². The van der Waals surface area contributed by atoms with E-state index in [9.17, 15) is 9.59 Å². The highest BCUT2D eigenvalue weighted by Gasteiger charge is 2.13. The number of rotatable bonds is 7. The Hall–Kier alpha value is -1.74. The normalized spacial score (nSPS) is 11.5. The van der Waals surface area contributed by atoms with Crippen LogP contribution in [0.3, 0.4) is 0 Å². The molecule has 1 aromatic carbocycles. The minimum absolute atomic E-state index is 0.0227. The van der Waals surface area contributed by atoms with E-state index in [1.54, 1.807) is 6.07 Å². The summed E-state index contributed by atoms with van der Waals surface area (Å²) in [5.41, 5.74) is 2.68. The maximum Gasteiger partial charge on any atom is 0.167 e. The molecule has 3 heteroatoms. The average Bonchev–Trinajstić information content (AvgIpc) is 2.46. The van der Waals surface area contributed by atoms with E-state index in [4.69, 9.17) is 0 Å². The molecular formula is C17H17BrO2. The van der Waals surface area contributed by atoms with Crippen molar-refractivity contribution >= 4 is 28.0 Å². The summed E-state index contributed by atoms with van der Waals surface area (Å²) in [6, 6.07) is 5.59. The third-order valence-corrected chi connectivity index (χ3v) is 3.56. The van der Waals surface area contributed by atoms with Gasteiger partial charge in [-0.3, -0.25) is 9.59 Å². The highest BCUT2D eigenvalue weighted by molar-refractivity contribution is 9.10. The molecule has 0 aromatic heterocycles. The molecule has 0 aliphatic rings. The van der Waals surface area contributed by atoms with Gasteiger partial charge < -0.3 is 0 Å². The van der Waals surface area contributed by atoms with E-state index >= 15 is 0 Å². The lowest BCUT2D eigenvalue weighted by atomic mass is 9.95. The second kappa shape index (κ2) is 7.75. The van der Waals surface area contributed by atoms with Gasteiger partial charge in [-0.05, 0) is 29.7 Å². The van der Waals surface area contributed by atoms with Gasteiger partial charge in [0, 0.05) is 22.0 Å². The second-order valence-corrected chi connectivity index (χ2v) is 5.18. The van der Waals surface area contributed by atoms with Gasteiger partial charge in [0.2, 0.25) is 0 Å². The summed E-state index contributed by atoms with van der Waals surface area (Å²) in [6.07, 6.45) is 4.60. The van der Waals surface area contributed by atoms with Gasteiger partial charge in [0.25, 0.3) is 0 Å². The largest absolute Gasteiger partial charge is 0.298 e. The number of hydrogen-bond acceptors (Lipinski definition) is 2. The zero-order chi connectivity index (χ0) is 15.1. The number of benzene rings is 1. The molecule has 0 unspecified atom stereocenters. The minimum atomic E-state index is -0.0227. The summed E-state index contributed by atoms with van der Waals surface area (Å²) < 4.78 is 0.949. The monoisotopic (exact) mass is 332 g/mol. The molecule has 0 radical (unpaired) electrons. The van der Waals surface area contributed by atoms with Crippen LogP contribution < -0.4 is 0 Å². The predicted molar refractivity (Wildman–Crippen MR) is 86.0 cm³/mol. The average molecular weight is 333 g/mol. The van der Waals surface area contributed by atoms with Gasteiger partial charge in [-0.25, -0.2) is 0 Å². The Bertz CT molecular complexity index is 573. The lowest BCUT2D eigenvalue weighted by Gasteiger charge is -2.09. The van der Waals surface area contributed by atoms with Crippen LogP contribution in [0, 0.1) is 0 Å². The van der Waals surface area contributed by atoms with E-state index in [-0.39, 0.29) is 12.2 Å². The van der Waals surface area contributed by atoms with E-state index in [1.807, 2.05) is 19.1 Å². The van der Waals surface area contributed by atoms with E-state index in [2.05, 4.69) is 29.1 Å². The molecule has 20 heavy (non-hydrogen) atoms. The van der Waals surface area contributed by atoms with Crippen molar-refractivity contribution in [3.8, 4) is 0 Å². The van der Waals surface area contributed by atoms with E-state index in [0.717, 1.165) is 16.5 Å². The second-order valence-electron chi connectivity index (χ2n) is 4.26. The number of aldehydes is 1. The SMILES string of the molecule is C=C/C(C=O)=C(\C=C)CC(=O)c1ccc(Br)cc1CC. The Morgan fingerprint density at radius 2 is 2.00 bits per heavy atom. The summed E-state index contributed by atoms with van der Waals surface area (Å²) >= 11 is 3.40. The zero-order valence-corrected chi connectivity index (χ0v) is 13.1. The fraction of sp³-hybridized carbons (Fsp3) is 0.176. The van der Waals surface area contributed by atoms with Crippen LogP contribution in [0.15, 0.2) is 59.1 Å². The number of hydrogen-bond donors (Lipinski definition) is 0. The first-order chi connectivity index (χ1) is 9.57. The lowest BCUT2D eigenvalue weighted by molar-refractivity contribution is -0.104. The Morgan fingerprint density at radius 3 is 2.50 bits per heavy atom. The van der Waals surface area contributed by atoms with E-state index < -0.39 is 0 Å². The molecule has 0 heterocycles.